The fourth-order valence-electron chi connectivity index (χ4n) is 2.09. The number of hydrogen-bond acceptors (Lipinski definition) is 4. The Balaban J connectivity index is 1.56. The van der Waals surface area contributed by atoms with Gasteiger partial charge < -0.3 is 5.32 Å². The number of aromatic nitrogens is 3. The van der Waals surface area contributed by atoms with Crippen molar-refractivity contribution in [3.63, 3.8) is 0 Å². The maximum absolute atomic E-state index is 11.9. The zero-order valence-corrected chi connectivity index (χ0v) is 13.0. The summed E-state index contributed by atoms with van der Waals surface area (Å²) >= 11 is 1.56. The number of amides is 1. The summed E-state index contributed by atoms with van der Waals surface area (Å²) in [4.78, 5) is 16.2. The van der Waals surface area contributed by atoms with E-state index >= 15 is 0 Å². The molecule has 22 heavy (non-hydrogen) atoms. The monoisotopic (exact) mass is 312 g/mol. The van der Waals surface area contributed by atoms with E-state index in [0.717, 1.165) is 22.0 Å². The zero-order valence-electron chi connectivity index (χ0n) is 12.2. The van der Waals surface area contributed by atoms with Crippen LogP contribution in [0, 0.1) is 6.92 Å². The SMILES string of the molecule is Cc1nc(CC(=O)NCc2cnn(-c3ccccc3)c2)cs1. The van der Waals surface area contributed by atoms with Crippen LogP contribution in [0.15, 0.2) is 48.1 Å². The van der Waals surface area contributed by atoms with Crippen molar-refractivity contribution in [2.24, 2.45) is 0 Å². The molecule has 0 saturated carbocycles. The molecule has 1 aromatic carbocycles. The van der Waals surface area contributed by atoms with Crippen molar-refractivity contribution in [1.82, 2.24) is 20.1 Å². The van der Waals surface area contributed by atoms with Crippen LogP contribution in [-0.4, -0.2) is 20.7 Å². The summed E-state index contributed by atoms with van der Waals surface area (Å²) in [5, 5.41) is 10.1. The van der Waals surface area contributed by atoms with Crippen LogP contribution >= 0.6 is 11.3 Å². The molecule has 0 saturated heterocycles. The van der Waals surface area contributed by atoms with Gasteiger partial charge in [-0.15, -0.1) is 11.3 Å². The quantitative estimate of drug-likeness (QED) is 0.787. The number of hydrogen-bond donors (Lipinski definition) is 1. The molecule has 0 aliphatic rings. The van der Waals surface area contributed by atoms with E-state index in [4.69, 9.17) is 0 Å². The Labute approximate surface area is 132 Å². The van der Waals surface area contributed by atoms with Crippen molar-refractivity contribution in [2.45, 2.75) is 19.9 Å². The van der Waals surface area contributed by atoms with Gasteiger partial charge in [0.2, 0.25) is 5.91 Å². The van der Waals surface area contributed by atoms with Crippen molar-refractivity contribution >= 4 is 17.2 Å². The minimum Gasteiger partial charge on any atom is -0.352 e. The van der Waals surface area contributed by atoms with Crippen molar-refractivity contribution in [3.05, 3.63) is 64.4 Å². The van der Waals surface area contributed by atoms with E-state index in [0.29, 0.717) is 13.0 Å². The maximum Gasteiger partial charge on any atom is 0.226 e. The van der Waals surface area contributed by atoms with Gasteiger partial charge in [0.15, 0.2) is 0 Å². The van der Waals surface area contributed by atoms with Gasteiger partial charge >= 0.3 is 0 Å². The molecule has 0 atom stereocenters. The molecule has 112 valence electrons. The third-order valence-electron chi connectivity index (χ3n) is 3.15. The van der Waals surface area contributed by atoms with Gasteiger partial charge in [-0.2, -0.15) is 5.10 Å². The Bertz CT molecular complexity index is 763. The number of para-hydroxylation sites is 1. The molecule has 6 heteroatoms. The molecule has 1 N–H and O–H groups in total. The Morgan fingerprint density at radius 2 is 2.14 bits per heavy atom. The van der Waals surface area contributed by atoms with Crippen LogP contribution < -0.4 is 5.32 Å². The number of benzene rings is 1. The van der Waals surface area contributed by atoms with Crippen LogP contribution in [0.4, 0.5) is 0 Å². The third kappa shape index (κ3) is 3.59. The van der Waals surface area contributed by atoms with Gasteiger partial charge in [0.05, 0.1) is 29.0 Å². The topological polar surface area (TPSA) is 59.8 Å². The first-order valence-electron chi connectivity index (χ1n) is 6.97. The van der Waals surface area contributed by atoms with Gasteiger partial charge in [0.1, 0.15) is 0 Å². The van der Waals surface area contributed by atoms with E-state index in [2.05, 4.69) is 15.4 Å². The predicted octanol–water partition coefficient (Wildman–Crippen LogP) is 2.50. The highest BCUT2D eigenvalue weighted by atomic mass is 32.1. The highest BCUT2D eigenvalue weighted by Gasteiger charge is 2.07. The van der Waals surface area contributed by atoms with Crippen LogP contribution in [0.2, 0.25) is 0 Å². The molecule has 3 aromatic rings. The van der Waals surface area contributed by atoms with Crippen molar-refractivity contribution in [3.8, 4) is 5.69 Å². The van der Waals surface area contributed by atoms with Crippen LogP contribution in [0.5, 0.6) is 0 Å². The van der Waals surface area contributed by atoms with Crippen LogP contribution in [0.1, 0.15) is 16.3 Å². The second-order valence-electron chi connectivity index (χ2n) is 4.94. The second kappa shape index (κ2) is 6.53. The smallest absolute Gasteiger partial charge is 0.226 e. The van der Waals surface area contributed by atoms with Crippen molar-refractivity contribution in [1.29, 1.82) is 0 Å². The highest BCUT2D eigenvalue weighted by molar-refractivity contribution is 7.09. The van der Waals surface area contributed by atoms with E-state index < -0.39 is 0 Å². The first kappa shape index (κ1) is 14.5. The van der Waals surface area contributed by atoms with E-state index in [9.17, 15) is 4.79 Å². The Kier molecular flexibility index (Phi) is 4.29. The molecule has 0 bridgehead atoms. The molecule has 0 unspecified atom stereocenters. The minimum atomic E-state index is -0.0299. The van der Waals surface area contributed by atoms with Gasteiger partial charge in [0.25, 0.3) is 0 Å². The van der Waals surface area contributed by atoms with Gasteiger partial charge in [-0.1, -0.05) is 18.2 Å². The molecule has 0 radical (unpaired) electrons. The summed E-state index contributed by atoms with van der Waals surface area (Å²) in [6.07, 6.45) is 4.00. The maximum atomic E-state index is 11.9. The highest BCUT2D eigenvalue weighted by Crippen LogP contribution is 2.09. The third-order valence-corrected chi connectivity index (χ3v) is 3.98. The summed E-state index contributed by atoms with van der Waals surface area (Å²) in [5.74, 6) is -0.0299. The fraction of sp³-hybridized carbons (Fsp3) is 0.188. The molecule has 0 spiro atoms. The molecule has 5 nitrogen and oxygen atoms in total. The molecule has 3 rings (SSSR count). The number of nitrogens with one attached hydrogen (secondary N) is 1. The molecule has 0 fully saturated rings. The van der Waals surface area contributed by atoms with E-state index in [1.165, 1.54) is 0 Å². The molecular weight excluding hydrogens is 296 g/mol. The number of carbonyl (C=O) groups excluding carboxylic acids is 1. The summed E-state index contributed by atoms with van der Waals surface area (Å²) in [5.41, 5.74) is 2.78. The summed E-state index contributed by atoms with van der Waals surface area (Å²) in [6.45, 7) is 2.40. The van der Waals surface area contributed by atoms with E-state index in [1.807, 2.05) is 48.8 Å². The molecule has 2 aromatic heterocycles. The average molecular weight is 312 g/mol. The number of nitrogens with zero attached hydrogens (tertiary/aromatic N) is 3. The lowest BCUT2D eigenvalue weighted by molar-refractivity contribution is -0.120. The van der Waals surface area contributed by atoms with Crippen LogP contribution in [-0.2, 0) is 17.8 Å². The Morgan fingerprint density at radius 1 is 1.32 bits per heavy atom. The van der Waals surface area contributed by atoms with Gasteiger partial charge in [-0.3, -0.25) is 4.79 Å². The van der Waals surface area contributed by atoms with E-state index in [1.54, 1.807) is 22.2 Å². The zero-order chi connectivity index (χ0) is 15.4. The summed E-state index contributed by atoms with van der Waals surface area (Å²) < 4.78 is 1.80. The molecule has 1 amide bonds. The number of rotatable bonds is 5. The summed E-state index contributed by atoms with van der Waals surface area (Å²) in [6, 6.07) is 9.87. The molecular formula is C16H16N4OS. The van der Waals surface area contributed by atoms with Crippen LogP contribution in [0.25, 0.3) is 5.69 Å². The number of carbonyl (C=O) groups is 1. The molecule has 0 aliphatic heterocycles. The normalized spacial score (nSPS) is 10.6. The Morgan fingerprint density at radius 3 is 2.86 bits per heavy atom. The first-order valence-corrected chi connectivity index (χ1v) is 7.85. The standard InChI is InChI=1S/C16H16N4OS/c1-12-19-14(11-22-12)7-16(21)17-8-13-9-18-20(10-13)15-5-3-2-4-6-15/h2-6,9-11H,7-8H2,1H3,(H,17,21). The fourth-order valence-corrected chi connectivity index (χ4v) is 2.70. The van der Waals surface area contributed by atoms with Gasteiger partial charge in [0, 0.05) is 23.7 Å². The average Bonchev–Trinajstić information content (AvgIpc) is 3.15. The number of aryl methyl sites for hydroxylation is 1. The first-order chi connectivity index (χ1) is 10.7. The number of thiazole rings is 1. The van der Waals surface area contributed by atoms with Gasteiger partial charge in [-0.25, -0.2) is 9.67 Å². The lowest BCUT2D eigenvalue weighted by atomic mass is 10.3. The second-order valence-corrected chi connectivity index (χ2v) is 6.00. The van der Waals surface area contributed by atoms with E-state index in [-0.39, 0.29) is 5.91 Å². The lowest BCUT2D eigenvalue weighted by Gasteiger charge is -2.02. The Hall–Kier alpha value is -2.47. The van der Waals surface area contributed by atoms with Crippen molar-refractivity contribution in [2.75, 3.05) is 0 Å². The summed E-state index contributed by atoms with van der Waals surface area (Å²) in [7, 11) is 0. The predicted molar refractivity (Wildman–Crippen MR) is 86.0 cm³/mol. The van der Waals surface area contributed by atoms with Crippen LogP contribution in [0.3, 0.4) is 0 Å². The van der Waals surface area contributed by atoms with Crippen molar-refractivity contribution < 1.29 is 4.79 Å². The molecule has 2 heterocycles. The van der Waals surface area contributed by atoms with Gasteiger partial charge in [-0.05, 0) is 19.1 Å². The minimum absolute atomic E-state index is 0.0299. The molecule has 0 aliphatic carbocycles. The largest absolute Gasteiger partial charge is 0.352 e. The lowest BCUT2D eigenvalue weighted by Crippen LogP contribution is -2.24.